The van der Waals surface area contributed by atoms with Crippen LogP contribution in [0.5, 0.6) is 11.5 Å². The first-order chi connectivity index (χ1) is 8.52. The van der Waals surface area contributed by atoms with Gasteiger partial charge in [0.1, 0.15) is 18.1 Å². The Morgan fingerprint density at radius 1 is 1.33 bits per heavy atom. The fraction of sp³-hybridized carbons (Fsp3) is 0.500. The zero-order chi connectivity index (χ0) is 13.6. The van der Waals surface area contributed by atoms with E-state index in [9.17, 15) is 8.42 Å². The molecule has 0 radical (unpaired) electrons. The van der Waals surface area contributed by atoms with E-state index in [0.717, 1.165) is 5.56 Å². The van der Waals surface area contributed by atoms with Gasteiger partial charge in [0.05, 0.1) is 12.9 Å². The summed E-state index contributed by atoms with van der Waals surface area (Å²) in [5.41, 5.74) is 6.41. The molecule has 0 aliphatic rings. The van der Waals surface area contributed by atoms with Crippen molar-refractivity contribution in [1.29, 1.82) is 0 Å². The second kappa shape index (κ2) is 6.61. The van der Waals surface area contributed by atoms with Gasteiger partial charge in [0, 0.05) is 23.9 Å². The van der Waals surface area contributed by atoms with Crippen molar-refractivity contribution in [2.24, 2.45) is 5.73 Å². The summed E-state index contributed by atoms with van der Waals surface area (Å²) in [4.78, 5) is 0. The molecule has 0 unspecified atom stereocenters. The number of sulfone groups is 1. The van der Waals surface area contributed by atoms with Crippen LogP contribution < -0.4 is 15.2 Å². The molecule has 0 saturated heterocycles. The minimum atomic E-state index is -3.01. The van der Waals surface area contributed by atoms with Crippen molar-refractivity contribution in [1.82, 2.24) is 0 Å². The SMILES string of the molecule is CCS(=O)(=O)CCOc1cc(OC)ccc1CN. The number of rotatable bonds is 7. The minimum Gasteiger partial charge on any atom is -0.497 e. The van der Waals surface area contributed by atoms with Crippen molar-refractivity contribution in [3.8, 4) is 11.5 Å². The zero-order valence-electron chi connectivity index (χ0n) is 10.7. The maximum absolute atomic E-state index is 11.3. The summed E-state index contributed by atoms with van der Waals surface area (Å²) in [6, 6.07) is 5.31. The second-order valence-corrected chi connectivity index (χ2v) is 6.24. The van der Waals surface area contributed by atoms with Gasteiger partial charge >= 0.3 is 0 Å². The lowest BCUT2D eigenvalue weighted by molar-refractivity contribution is 0.333. The standard InChI is InChI=1S/C12H19NO4S/c1-3-18(14,15)7-6-17-12-8-11(16-2)5-4-10(12)9-13/h4-5,8H,3,6-7,9,13H2,1-2H3. The van der Waals surface area contributed by atoms with E-state index >= 15 is 0 Å². The van der Waals surface area contributed by atoms with Crippen molar-refractivity contribution in [2.45, 2.75) is 13.5 Å². The van der Waals surface area contributed by atoms with Crippen LogP contribution in [-0.2, 0) is 16.4 Å². The molecule has 102 valence electrons. The first kappa shape index (κ1) is 14.8. The Labute approximate surface area is 108 Å². The Morgan fingerprint density at radius 3 is 2.61 bits per heavy atom. The average molecular weight is 273 g/mol. The summed E-state index contributed by atoms with van der Waals surface area (Å²) in [6.07, 6.45) is 0. The van der Waals surface area contributed by atoms with Crippen LogP contribution in [0.25, 0.3) is 0 Å². The van der Waals surface area contributed by atoms with E-state index in [1.165, 1.54) is 0 Å². The Morgan fingerprint density at radius 2 is 2.06 bits per heavy atom. The van der Waals surface area contributed by atoms with E-state index in [1.807, 2.05) is 6.07 Å². The highest BCUT2D eigenvalue weighted by Gasteiger charge is 2.09. The molecular weight excluding hydrogens is 254 g/mol. The summed E-state index contributed by atoms with van der Waals surface area (Å²) in [7, 11) is -1.45. The Bertz CT molecular complexity index is 485. The van der Waals surface area contributed by atoms with E-state index < -0.39 is 9.84 Å². The number of benzene rings is 1. The van der Waals surface area contributed by atoms with Gasteiger partial charge in [-0.1, -0.05) is 13.0 Å². The highest BCUT2D eigenvalue weighted by atomic mass is 32.2. The van der Waals surface area contributed by atoms with Crippen LogP contribution in [0.3, 0.4) is 0 Å². The van der Waals surface area contributed by atoms with Crippen molar-refractivity contribution < 1.29 is 17.9 Å². The van der Waals surface area contributed by atoms with Crippen LogP contribution >= 0.6 is 0 Å². The molecular formula is C12H19NO4S. The van der Waals surface area contributed by atoms with Gasteiger partial charge in [-0.15, -0.1) is 0 Å². The summed E-state index contributed by atoms with van der Waals surface area (Å²) in [5, 5.41) is 0. The average Bonchev–Trinajstić information content (AvgIpc) is 2.38. The molecule has 6 heteroatoms. The molecule has 0 fully saturated rings. The third-order valence-corrected chi connectivity index (χ3v) is 4.25. The molecule has 0 amide bonds. The van der Waals surface area contributed by atoms with Crippen LogP contribution in [0.1, 0.15) is 12.5 Å². The fourth-order valence-corrected chi connectivity index (χ4v) is 2.01. The molecule has 0 aliphatic heterocycles. The molecule has 1 aromatic rings. The Hall–Kier alpha value is -1.27. The zero-order valence-corrected chi connectivity index (χ0v) is 11.5. The highest BCUT2D eigenvalue weighted by Crippen LogP contribution is 2.24. The second-order valence-electron chi connectivity index (χ2n) is 3.76. The molecule has 2 N–H and O–H groups in total. The van der Waals surface area contributed by atoms with Crippen LogP contribution in [0.15, 0.2) is 18.2 Å². The molecule has 1 rings (SSSR count). The monoisotopic (exact) mass is 273 g/mol. The van der Waals surface area contributed by atoms with Crippen LogP contribution in [0, 0.1) is 0 Å². The highest BCUT2D eigenvalue weighted by molar-refractivity contribution is 7.91. The molecule has 1 aromatic carbocycles. The smallest absolute Gasteiger partial charge is 0.153 e. The number of methoxy groups -OCH3 is 1. The van der Waals surface area contributed by atoms with Crippen molar-refractivity contribution >= 4 is 9.84 Å². The molecule has 0 saturated carbocycles. The minimum absolute atomic E-state index is 0.00468. The van der Waals surface area contributed by atoms with Gasteiger partial charge in [-0.2, -0.15) is 0 Å². The molecule has 5 nitrogen and oxygen atoms in total. The third kappa shape index (κ3) is 4.19. The Kier molecular flexibility index (Phi) is 5.43. The summed E-state index contributed by atoms with van der Waals surface area (Å²) in [5.74, 6) is 1.35. The lowest BCUT2D eigenvalue weighted by Gasteiger charge is -2.11. The number of hydrogen-bond acceptors (Lipinski definition) is 5. The van der Waals surface area contributed by atoms with E-state index in [0.29, 0.717) is 18.0 Å². The maximum atomic E-state index is 11.3. The van der Waals surface area contributed by atoms with Gasteiger partial charge in [0.2, 0.25) is 0 Å². The first-order valence-electron chi connectivity index (χ1n) is 5.72. The molecule has 0 aromatic heterocycles. The van der Waals surface area contributed by atoms with Crippen LogP contribution in [0.2, 0.25) is 0 Å². The van der Waals surface area contributed by atoms with Gasteiger partial charge in [-0.3, -0.25) is 0 Å². The normalized spacial score (nSPS) is 11.3. The predicted octanol–water partition coefficient (Wildman–Crippen LogP) is 0.967. The topological polar surface area (TPSA) is 78.6 Å². The first-order valence-corrected chi connectivity index (χ1v) is 7.54. The molecule has 0 atom stereocenters. The van der Waals surface area contributed by atoms with Crippen LogP contribution in [-0.4, -0.2) is 33.6 Å². The van der Waals surface area contributed by atoms with Crippen molar-refractivity contribution in [3.63, 3.8) is 0 Å². The molecule has 0 heterocycles. The number of nitrogens with two attached hydrogens (primary N) is 1. The maximum Gasteiger partial charge on any atom is 0.153 e. The summed E-state index contributed by atoms with van der Waals surface area (Å²) >= 11 is 0. The Balaban J connectivity index is 2.71. The van der Waals surface area contributed by atoms with E-state index in [-0.39, 0.29) is 18.1 Å². The fourth-order valence-electron chi connectivity index (χ4n) is 1.39. The number of hydrogen-bond donors (Lipinski definition) is 1. The summed E-state index contributed by atoms with van der Waals surface area (Å²) < 4.78 is 33.2. The van der Waals surface area contributed by atoms with Gasteiger partial charge in [-0.05, 0) is 6.07 Å². The van der Waals surface area contributed by atoms with Gasteiger partial charge < -0.3 is 15.2 Å². The quantitative estimate of drug-likeness (QED) is 0.800. The van der Waals surface area contributed by atoms with Gasteiger partial charge in [-0.25, -0.2) is 8.42 Å². The molecule has 18 heavy (non-hydrogen) atoms. The van der Waals surface area contributed by atoms with E-state index in [2.05, 4.69) is 0 Å². The third-order valence-electron chi connectivity index (χ3n) is 2.59. The van der Waals surface area contributed by atoms with E-state index in [1.54, 1.807) is 26.2 Å². The lowest BCUT2D eigenvalue weighted by atomic mass is 10.2. The molecule has 0 spiro atoms. The summed E-state index contributed by atoms with van der Waals surface area (Å²) in [6.45, 7) is 2.07. The lowest BCUT2D eigenvalue weighted by Crippen LogP contribution is -2.16. The molecule has 0 aliphatic carbocycles. The van der Waals surface area contributed by atoms with Gasteiger partial charge in [0.25, 0.3) is 0 Å². The van der Waals surface area contributed by atoms with Gasteiger partial charge in [0.15, 0.2) is 9.84 Å². The van der Waals surface area contributed by atoms with Crippen molar-refractivity contribution in [3.05, 3.63) is 23.8 Å². The number of ether oxygens (including phenoxy) is 2. The molecule has 0 bridgehead atoms. The largest absolute Gasteiger partial charge is 0.497 e. The predicted molar refractivity (Wildman–Crippen MR) is 70.7 cm³/mol. The van der Waals surface area contributed by atoms with E-state index in [4.69, 9.17) is 15.2 Å². The van der Waals surface area contributed by atoms with Crippen LogP contribution in [0.4, 0.5) is 0 Å². The van der Waals surface area contributed by atoms with Crippen molar-refractivity contribution in [2.75, 3.05) is 25.2 Å².